The molecule has 1 aromatic carbocycles. The van der Waals surface area contributed by atoms with Gasteiger partial charge < -0.3 is 14.7 Å². The zero-order valence-corrected chi connectivity index (χ0v) is 13.6. The van der Waals surface area contributed by atoms with Crippen molar-refractivity contribution < 1.29 is 19.4 Å². The molecular weight excluding hydrogens is 310 g/mol. The van der Waals surface area contributed by atoms with Crippen LogP contribution < -0.4 is 0 Å². The maximum atomic E-state index is 12.9. The van der Waals surface area contributed by atoms with Crippen molar-refractivity contribution in [1.29, 1.82) is 0 Å². The number of carboxylic acid groups (broad SMARTS) is 1. The van der Waals surface area contributed by atoms with Crippen LogP contribution in [0.1, 0.15) is 33.3 Å². The van der Waals surface area contributed by atoms with E-state index in [0.717, 1.165) is 5.56 Å². The van der Waals surface area contributed by atoms with Crippen molar-refractivity contribution >= 4 is 11.9 Å². The second-order valence-electron chi connectivity index (χ2n) is 6.01. The van der Waals surface area contributed by atoms with Crippen molar-refractivity contribution in [3.8, 4) is 0 Å². The number of hydrogen-bond acceptors (Lipinski definition) is 4. The second kappa shape index (κ2) is 6.09. The number of benzene rings is 1. The number of carbonyl (C=O) groups is 2. The quantitative estimate of drug-likeness (QED) is 0.922. The lowest BCUT2D eigenvalue weighted by Gasteiger charge is -2.40. The zero-order chi connectivity index (χ0) is 17.3. The average Bonchev–Trinajstić information content (AvgIpc) is 2.97. The van der Waals surface area contributed by atoms with Crippen molar-refractivity contribution in [3.05, 3.63) is 53.3 Å². The number of nitrogens with zero attached hydrogens (tertiary/aromatic N) is 3. The van der Waals surface area contributed by atoms with Gasteiger partial charge in [0.25, 0.3) is 5.91 Å². The van der Waals surface area contributed by atoms with Gasteiger partial charge >= 0.3 is 5.97 Å². The molecule has 2 aromatic rings. The summed E-state index contributed by atoms with van der Waals surface area (Å²) >= 11 is 0. The Hall–Kier alpha value is -2.67. The number of rotatable bonds is 3. The van der Waals surface area contributed by atoms with Crippen LogP contribution in [0.15, 0.2) is 36.5 Å². The van der Waals surface area contributed by atoms with Crippen LogP contribution in [0.4, 0.5) is 0 Å². The van der Waals surface area contributed by atoms with E-state index >= 15 is 0 Å². The number of carbonyl (C=O) groups excluding carboxylic acids is 1. The summed E-state index contributed by atoms with van der Waals surface area (Å²) in [5.74, 6) is -1.51. The fourth-order valence-corrected chi connectivity index (χ4v) is 3.01. The first-order valence-corrected chi connectivity index (χ1v) is 7.66. The molecule has 7 nitrogen and oxygen atoms in total. The van der Waals surface area contributed by atoms with E-state index in [1.165, 1.54) is 10.9 Å². The molecule has 1 unspecified atom stereocenters. The summed E-state index contributed by atoms with van der Waals surface area (Å²) in [4.78, 5) is 25.8. The van der Waals surface area contributed by atoms with Crippen molar-refractivity contribution in [2.45, 2.75) is 12.5 Å². The first-order chi connectivity index (χ1) is 11.4. The highest BCUT2D eigenvalue weighted by molar-refractivity contribution is 6.03. The van der Waals surface area contributed by atoms with Crippen LogP contribution in [-0.2, 0) is 17.4 Å². The van der Waals surface area contributed by atoms with Gasteiger partial charge in [0.2, 0.25) is 0 Å². The van der Waals surface area contributed by atoms with Gasteiger partial charge in [0.1, 0.15) is 16.9 Å². The Balaban J connectivity index is 1.89. The monoisotopic (exact) mass is 329 g/mol. The molecule has 3 rings (SSSR count). The smallest absolute Gasteiger partial charge is 0.339 e. The number of aryl methyl sites for hydroxylation is 1. The van der Waals surface area contributed by atoms with Crippen molar-refractivity contribution in [1.82, 2.24) is 14.7 Å². The van der Waals surface area contributed by atoms with E-state index < -0.39 is 11.6 Å². The Morgan fingerprint density at radius 2 is 2.00 bits per heavy atom. The molecule has 7 heteroatoms. The molecule has 0 aliphatic carbocycles. The molecule has 1 N–H and O–H groups in total. The summed E-state index contributed by atoms with van der Waals surface area (Å²) in [6.45, 7) is 3.08. The van der Waals surface area contributed by atoms with Gasteiger partial charge in [0.15, 0.2) is 0 Å². The third kappa shape index (κ3) is 2.78. The van der Waals surface area contributed by atoms with Gasteiger partial charge in [-0.3, -0.25) is 9.48 Å². The number of aromatic carboxylic acids is 1. The third-order valence-corrected chi connectivity index (χ3v) is 4.32. The lowest BCUT2D eigenvalue weighted by atomic mass is 9.93. The van der Waals surface area contributed by atoms with Crippen LogP contribution in [-0.4, -0.2) is 51.4 Å². The van der Waals surface area contributed by atoms with Gasteiger partial charge in [-0.25, -0.2) is 4.79 Å². The molecule has 0 saturated carbocycles. The molecule has 1 fully saturated rings. The molecule has 1 atom stereocenters. The molecule has 2 heterocycles. The maximum Gasteiger partial charge on any atom is 0.339 e. The topological polar surface area (TPSA) is 84.7 Å². The Labute approximate surface area is 139 Å². The van der Waals surface area contributed by atoms with E-state index in [9.17, 15) is 14.7 Å². The van der Waals surface area contributed by atoms with E-state index in [1.54, 1.807) is 11.9 Å². The van der Waals surface area contributed by atoms with Crippen molar-refractivity contribution in [3.63, 3.8) is 0 Å². The predicted molar refractivity (Wildman–Crippen MR) is 85.8 cm³/mol. The molecule has 0 spiro atoms. The van der Waals surface area contributed by atoms with E-state index in [0.29, 0.717) is 19.7 Å². The number of amides is 1. The maximum absolute atomic E-state index is 12.9. The summed E-state index contributed by atoms with van der Waals surface area (Å²) in [6, 6.07) is 9.69. The second-order valence-corrected chi connectivity index (χ2v) is 6.01. The summed E-state index contributed by atoms with van der Waals surface area (Å²) < 4.78 is 7.23. The van der Waals surface area contributed by atoms with Gasteiger partial charge in [0, 0.05) is 13.6 Å². The van der Waals surface area contributed by atoms with Crippen LogP contribution >= 0.6 is 0 Å². The summed E-state index contributed by atoms with van der Waals surface area (Å²) in [5, 5.41) is 13.2. The highest BCUT2D eigenvalue weighted by atomic mass is 16.5. The Morgan fingerprint density at radius 1 is 1.29 bits per heavy atom. The summed E-state index contributed by atoms with van der Waals surface area (Å²) in [5.41, 5.74) is 0.345. The van der Waals surface area contributed by atoms with Gasteiger partial charge in [0.05, 0.1) is 19.3 Å². The first kappa shape index (κ1) is 16.2. The number of carboxylic acids is 1. The van der Waals surface area contributed by atoms with Gasteiger partial charge in [-0.05, 0) is 12.5 Å². The highest BCUT2D eigenvalue weighted by Crippen LogP contribution is 2.30. The number of hydrogen-bond donors (Lipinski definition) is 1. The summed E-state index contributed by atoms with van der Waals surface area (Å²) in [7, 11) is 1.57. The van der Waals surface area contributed by atoms with Crippen molar-refractivity contribution in [2.75, 3.05) is 19.7 Å². The largest absolute Gasteiger partial charge is 0.478 e. The Morgan fingerprint density at radius 3 is 2.67 bits per heavy atom. The van der Waals surface area contributed by atoms with Crippen LogP contribution in [0.2, 0.25) is 0 Å². The molecule has 0 radical (unpaired) electrons. The van der Waals surface area contributed by atoms with Gasteiger partial charge in [-0.1, -0.05) is 30.3 Å². The van der Waals surface area contributed by atoms with E-state index in [-0.39, 0.29) is 17.2 Å². The van der Waals surface area contributed by atoms with Crippen LogP contribution in [0.25, 0.3) is 0 Å². The van der Waals surface area contributed by atoms with Crippen LogP contribution in [0.3, 0.4) is 0 Å². The molecular formula is C17H19N3O4. The molecule has 126 valence electrons. The van der Waals surface area contributed by atoms with Gasteiger partial charge in [-0.15, -0.1) is 0 Å². The molecule has 24 heavy (non-hydrogen) atoms. The van der Waals surface area contributed by atoms with E-state index in [1.807, 2.05) is 37.3 Å². The Kier molecular flexibility index (Phi) is 4.11. The molecule has 1 aromatic heterocycles. The third-order valence-electron chi connectivity index (χ3n) is 4.32. The standard InChI is InChI=1S/C17H19N3O4/c1-17(12-6-4-3-5-7-12)11-20(8-9-24-17)15(21)14-13(16(22)23)10-18-19(14)2/h3-7,10H,8-9,11H2,1-2H3,(H,22,23). The van der Waals surface area contributed by atoms with Gasteiger partial charge in [-0.2, -0.15) is 5.10 Å². The summed E-state index contributed by atoms with van der Waals surface area (Å²) in [6.07, 6.45) is 1.20. The van der Waals surface area contributed by atoms with Crippen LogP contribution in [0.5, 0.6) is 0 Å². The Bertz CT molecular complexity index is 771. The van der Waals surface area contributed by atoms with E-state index in [2.05, 4.69) is 5.10 Å². The molecule has 0 bridgehead atoms. The molecule has 1 amide bonds. The number of morpholine rings is 1. The average molecular weight is 329 g/mol. The van der Waals surface area contributed by atoms with Crippen molar-refractivity contribution in [2.24, 2.45) is 7.05 Å². The van der Waals surface area contributed by atoms with Crippen LogP contribution in [0, 0.1) is 0 Å². The minimum atomic E-state index is -1.16. The number of ether oxygens (including phenoxy) is 1. The zero-order valence-electron chi connectivity index (χ0n) is 13.6. The van der Waals surface area contributed by atoms with E-state index in [4.69, 9.17) is 4.74 Å². The fraction of sp³-hybridized carbons (Fsp3) is 0.353. The molecule has 1 saturated heterocycles. The SMILES string of the molecule is Cn1ncc(C(=O)O)c1C(=O)N1CCOC(C)(c2ccccc2)C1. The fourth-order valence-electron chi connectivity index (χ4n) is 3.01. The highest BCUT2D eigenvalue weighted by Gasteiger charge is 2.37. The minimum Gasteiger partial charge on any atom is -0.478 e. The number of aromatic nitrogens is 2. The lowest BCUT2D eigenvalue weighted by molar-refractivity contribution is -0.0932. The molecule has 1 aliphatic rings. The minimum absolute atomic E-state index is 0.0832. The predicted octanol–water partition coefficient (Wildman–Crippen LogP) is 1.51. The first-order valence-electron chi connectivity index (χ1n) is 7.66. The molecule has 1 aliphatic heterocycles. The lowest BCUT2D eigenvalue weighted by Crippen LogP contribution is -2.51. The normalized spacial score (nSPS) is 20.8.